The summed E-state index contributed by atoms with van der Waals surface area (Å²) in [5.74, 6) is 0.420. The van der Waals surface area contributed by atoms with Gasteiger partial charge in [-0.05, 0) is 47.2 Å². The predicted molar refractivity (Wildman–Crippen MR) is 75.1 cm³/mol. The highest BCUT2D eigenvalue weighted by Gasteiger charge is 2.08. The zero-order chi connectivity index (χ0) is 12.3. The minimum absolute atomic E-state index is 0.141. The molecule has 0 aliphatic carbocycles. The van der Waals surface area contributed by atoms with Crippen molar-refractivity contribution in [3.8, 4) is 0 Å². The van der Waals surface area contributed by atoms with E-state index in [2.05, 4.69) is 38.1 Å². The highest BCUT2D eigenvalue weighted by molar-refractivity contribution is 14.1. The first-order valence-corrected chi connectivity index (χ1v) is 6.38. The number of aryl methyl sites for hydroxylation is 1. The average Bonchev–Trinajstić information content (AvgIpc) is 2.77. The number of carbonyl (C=O) groups is 1. The smallest absolute Gasteiger partial charge is 0.256 e. The van der Waals surface area contributed by atoms with Crippen molar-refractivity contribution >= 4 is 34.3 Å². The van der Waals surface area contributed by atoms with Gasteiger partial charge in [-0.2, -0.15) is 5.10 Å². The molecule has 0 fully saturated rings. The van der Waals surface area contributed by atoms with E-state index in [9.17, 15) is 4.79 Å². The Morgan fingerprint density at radius 2 is 2.29 bits per heavy atom. The first-order chi connectivity index (χ1) is 8.19. The molecule has 17 heavy (non-hydrogen) atoms. The number of hydrogen-bond acceptors (Lipinski definition) is 2. The fourth-order valence-corrected chi connectivity index (χ4v) is 1.97. The number of aromatic amines is 1. The van der Waals surface area contributed by atoms with E-state index in [0.717, 1.165) is 15.7 Å². The number of hydrogen-bond donors (Lipinski definition) is 2. The number of anilines is 1. The van der Waals surface area contributed by atoms with Crippen LogP contribution in [0.2, 0.25) is 0 Å². The molecule has 4 nitrogen and oxygen atoms in total. The lowest BCUT2D eigenvalue weighted by Gasteiger charge is -2.01. The van der Waals surface area contributed by atoms with Crippen molar-refractivity contribution in [3.63, 3.8) is 0 Å². The third-order valence-electron chi connectivity index (χ3n) is 2.34. The number of halogens is 1. The second-order valence-corrected chi connectivity index (χ2v) is 4.84. The molecule has 5 heteroatoms. The summed E-state index contributed by atoms with van der Waals surface area (Å²) < 4.78 is 1.03. The lowest BCUT2D eigenvalue weighted by atomic mass is 10.2. The van der Waals surface area contributed by atoms with Crippen LogP contribution >= 0.6 is 22.6 Å². The van der Waals surface area contributed by atoms with Crippen LogP contribution < -0.4 is 5.32 Å². The minimum Gasteiger partial charge on any atom is -0.305 e. The van der Waals surface area contributed by atoms with Crippen LogP contribution in [0.3, 0.4) is 0 Å². The van der Waals surface area contributed by atoms with Gasteiger partial charge in [-0.3, -0.25) is 9.89 Å². The lowest BCUT2D eigenvalue weighted by Crippen LogP contribution is -2.12. The van der Waals surface area contributed by atoms with E-state index in [4.69, 9.17) is 0 Å². The summed E-state index contributed by atoms with van der Waals surface area (Å²) in [5.41, 5.74) is 1.64. The zero-order valence-electron chi connectivity index (χ0n) is 9.33. The first kappa shape index (κ1) is 12.1. The monoisotopic (exact) mass is 341 g/mol. The van der Waals surface area contributed by atoms with Crippen LogP contribution in [0.25, 0.3) is 0 Å². The first-order valence-electron chi connectivity index (χ1n) is 5.30. The Balaban J connectivity index is 2.11. The van der Waals surface area contributed by atoms with Crippen molar-refractivity contribution in [2.75, 3.05) is 5.32 Å². The van der Waals surface area contributed by atoms with Gasteiger partial charge < -0.3 is 5.32 Å². The number of benzene rings is 1. The van der Waals surface area contributed by atoms with Gasteiger partial charge in [0.05, 0.1) is 0 Å². The van der Waals surface area contributed by atoms with E-state index < -0.39 is 0 Å². The Kier molecular flexibility index (Phi) is 3.78. The molecule has 0 aliphatic rings. The van der Waals surface area contributed by atoms with Crippen molar-refractivity contribution in [1.82, 2.24) is 10.2 Å². The lowest BCUT2D eigenvalue weighted by molar-refractivity contribution is 0.102. The molecule has 1 aromatic heterocycles. The Morgan fingerprint density at radius 3 is 2.94 bits per heavy atom. The van der Waals surface area contributed by atoms with Gasteiger partial charge in [-0.25, -0.2) is 0 Å². The number of H-pyrrole nitrogens is 1. The summed E-state index contributed by atoms with van der Waals surface area (Å²) >= 11 is 2.18. The van der Waals surface area contributed by atoms with Crippen molar-refractivity contribution < 1.29 is 4.79 Å². The summed E-state index contributed by atoms with van der Waals surface area (Å²) in [6.07, 6.45) is 0.867. The number of aromatic nitrogens is 2. The molecule has 0 aliphatic heterocycles. The van der Waals surface area contributed by atoms with E-state index in [0.29, 0.717) is 11.4 Å². The van der Waals surface area contributed by atoms with Crippen LogP contribution in [-0.4, -0.2) is 16.1 Å². The SMILES string of the molecule is CCc1cc(NC(=O)c2cccc(I)c2)n[nH]1. The maximum absolute atomic E-state index is 11.9. The molecular weight excluding hydrogens is 329 g/mol. The van der Waals surface area contributed by atoms with Gasteiger partial charge in [-0.1, -0.05) is 13.0 Å². The van der Waals surface area contributed by atoms with Crippen LogP contribution in [0.5, 0.6) is 0 Å². The quantitative estimate of drug-likeness (QED) is 0.844. The van der Waals surface area contributed by atoms with Gasteiger partial charge in [0.2, 0.25) is 0 Å². The van der Waals surface area contributed by atoms with Crippen molar-refractivity contribution in [1.29, 1.82) is 0 Å². The number of carbonyl (C=O) groups excluding carboxylic acids is 1. The molecule has 88 valence electrons. The normalized spacial score (nSPS) is 10.2. The van der Waals surface area contributed by atoms with Crippen LogP contribution in [0, 0.1) is 3.57 Å². The largest absolute Gasteiger partial charge is 0.305 e. The summed E-state index contributed by atoms with van der Waals surface area (Å²) in [7, 11) is 0. The van der Waals surface area contributed by atoms with Crippen molar-refractivity contribution in [3.05, 3.63) is 45.2 Å². The molecule has 2 N–H and O–H groups in total. The van der Waals surface area contributed by atoms with E-state index in [1.807, 2.05) is 31.2 Å². The second-order valence-electron chi connectivity index (χ2n) is 3.60. The predicted octanol–water partition coefficient (Wildman–Crippen LogP) is 2.83. The van der Waals surface area contributed by atoms with Gasteiger partial charge in [0, 0.05) is 20.9 Å². The zero-order valence-corrected chi connectivity index (χ0v) is 11.5. The number of nitrogens with zero attached hydrogens (tertiary/aromatic N) is 1. The second kappa shape index (κ2) is 5.31. The van der Waals surface area contributed by atoms with Crippen LogP contribution in [0.15, 0.2) is 30.3 Å². The van der Waals surface area contributed by atoms with Gasteiger partial charge in [0.15, 0.2) is 5.82 Å². The van der Waals surface area contributed by atoms with Crippen LogP contribution in [0.1, 0.15) is 23.0 Å². The fourth-order valence-electron chi connectivity index (χ4n) is 1.42. The topological polar surface area (TPSA) is 57.8 Å². The Morgan fingerprint density at radius 1 is 1.47 bits per heavy atom. The average molecular weight is 341 g/mol. The highest BCUT2D eigenvalue weighted by atomic mass is 127. The molecule has 0 saturated heterocycles. The van der Waals surface area contributed by atoms with Gasteiger partial charge in [0.1, 0.15) is 0 Å². The molecule has 0 spiro atoms. The maximum atomic E-state index is 11.9. The summed E-state index contributed by atoms with van der Waals surface area (Å²) in [4.78, 5) is 11.9. The summed E-state index contributed by atoms with van der Waals surface area (Å²) in [6, 6.07) is 9.26. The van der Waals surface area contributed by atoms with Gasteiger partial charge >= 0.3 is 0 Å². The standard InChI is InChI=1S/C12H12IN3O/c1-2-10-7-11(16-15-10)14-12(17)8-4-3-5-9(13)6-8/h3-7H,2H2,1H3,(H2,14,15,16,17). The molecule has 2 rings (SSSR count). The molecule has 0 unspecified atom stereocenters. The summed E-state index contributed by atoms with van der Waals surface area (Å²) in [6.45, 7) is 2.03. The molecule has 0 radical (unpaired) electrons. The molecule has 2 aromatic rings. The number of amides is 1. The highest BCUT2D eigenvalue weighted by Crippen LogP contribution is 2.11. The molecule has 0 saturated carbocycles. The molecule has 0 atom stereocenters. The van der Waals surface area contributed by atoms with Gasteiger partial charge in [-0.15, -0.1) is 0 Å². The Labute approximate surface area is 113 Å². The third-order valence-corrected chi connectivity index (χ3v) is 3.01. The third kappa shape index (κ3) is 3.06. The molecule has 0 bridgehead atoms. The molecule has 1 heterocycles. The fraction of sp³-hybridized carbons (Fsp3) is 0.167. The van der Waals surface area contributed by atoms with E-state index >= 15 is 0 Å². The summed E-state index contributed by atoms with van der Waals surface area (Å²) in [5, 5.41) is 9.63. The van der Waals surface area contributed by atoms with Gasteiger partial charge in [0.25, 0.3) is 5.91 Å². The van der Waals surface area contributed by atoms with E-state index in [-0.39, 0.29) is 5.91 Å². The Hall–Kier alpha value is -1.37. The number of nitrogens with one attached hydrogen (secondary N) is 2. The van der Waals surface area contributed by atoms with Crippen molar-refractivity contribution in [2.24, 2.45) is 0 Å². The molecule has 1 aromatic carbocycles. The maximum Gasteiger partial charge on any atom is 0.256 e. The molecular formula is C12H12IN3O. The van der Waals surface area contributed by atoms with E-state index in [1.54, 1.807) is 6.07 Å². The molecule has 1 amide bonds. The van der Waals surface area contributed by atoms with Crippen molar-refractivity contribution in [2.45, 2.75) is 13.3 Å². The Bertz CT molecular complexity index is 536. The minimum atomic E-state index is -0.141. The number of rotatable bonds is 3. The van der Waals surface area contributed by atoms with Crippen LogP contribution in [0.4, 0.5) is 5.82 Å². The van der Waals surface area contributed by atoms with E-state index in [1.165, 1.54) is 0 Å². The van der Waals surface area contributed by atoms with Crippen LogP contribution in [-0.2, 0) is 6.42 Å².